The zero-order chi connectivity index (χ0) is 69.7. The Hall–Kier alpha value is -9.10. The number of hydrogen-bond acceptors (Lipinski definition) is 2. The van der Waals surface area contributed by atoms with Gasteiger partial charge in [-0.2, -0.15) is 4.98 Å². The second-order valence-electron chi connectivity index (χ2n) is 16.1. The van der Waals surface area contributed by atoms with Gasteiger partial charge >= 0.3 is 0 Å². The van der Waals surface area contributed by atoms with E-state index in [1.165, 1.54) is 0 Å². The van der Waals surface area contributed by atoms with E-state index in [0.29, 0.717) is 15.6 Å². The summed E-state index contributed by atoms with van der Waals surface area (Å²) >= 11 is 0. The maximum atomic E-state index is 11.3. The molecule has 0 amide bonds. The first kappa shape index (κ1) is 21.5. The highest BCUT2D eigenvalue weighted by molar-refractivity contribution is 7.20. The number of rotatable bonds is 8. The van der Waals surface area contributed by atoms with E-state index in [1.807, 2.05) is 0 Å². The molecule has 4 aromatic heterocycles. The molecule has 0 unspecified atom stereocenters. The molecule has 328 valence electrons. The molecule has 0 saturated carbocycles. The van der Waals surface area contributed by atoms with Crippen molar-refractivity contribution in [3.63, 3.8) is 0 Å². The monoisotopic (exact) mass is 936 g/mol. The molecule has 0 bridgehead atoms. The number of nitrogens with zero attached hydrogens (tertiary/aromatic N) is 5. The minimum Gasteiger partial charge on any atom is -0.309 e. The maximum Gasteiger partial charge on any atom is 0.237 e. The second kappa shape index (κ2) is 16.0. The summed E-state index contributed by atoms with van der Waals surface area (Å²) in [6.07, 6.45) is 0. The molecule has 0 spiro atoms. The van der Waals surface area contributed by atoms with E-state index >= 15 is 0 Å². The van der Waals surface area contributed by atoms with Gasteiger partial charge < -0.3 is 4.57 Å². The minimum atomic E-state index is -4.39. The summed E-state index contributed by atoms with van der Waals surface area (Å²) in [5.41, 5.74) is -5.48. The number of para-hydroxylation sites is 6. The molecule has 0 saturated heterocycles. The highest BCUT2D eigenvalue weighted by Gasteiger charge is 2.42. The second-order valence-corrected chi connectivity index (χ2v) is 19.8. The Morgan fingerprint density at radius 2 is 0.700 bits per heavy atom. The van der Waals surface area contributed by atoms with Crippen molar-refractivity contribution < 1.29 is 37.0 Å². The van der Waals surface area contributed by atoms with Crippen molar-refractivity contribution in [3.05, 3.63) is 260 Å². The Labute approximate surface area is 443 Å². The molecule has 14 aromatic rings. The molecule has 10 aromatic carbocycles. The van der Waals surface area contributed by atoms with Crippen LogP contribution < -0.4 is 20.7 Å². The molecule has 0 aliphatic heterocycles. The van der Waals surface area contributed by atoms with E-state index in [4.69, 9.17) is 26.4 Å². The molecule has 6 heteroatoms. The average molecular weight is 937 g/mol. The third-order valence-electron chi connectivity index (χ3n) is 12.5. The van der Waals surface area contributed by atoms with E-state index in [2.05, 4.69) is 0 Å². The zero-order valence-electron chi connectivity index (χ0n) is 63.0. The summed E-state index contributed by atoms with van der Waals surface area (Å²) < 4.78 is 258. The van der Waals surface area contributed by atoms with Crippen molar-refractivity contribution in [1.29, 1.82) is 0 Å². The first-order valence-corrected chi connectivity index (χ1v) is 23.7. The van der Waals surface area contributed by atoms with Crippen LogP contribution in [0, 0.1) is 0 Å². The van der Waals surface area contributed by atoms with Gasteiger partial charge in [0.25, 0.3) is 0 Å². The Morgan fingerprint density at radius 1 is 0.343 bits per heavy atom. The van der Waals surface area contributed by atoms with Crippen LogP contribution in [0.1, 0.15) is 37.0 Å². The normalized spacial score (nSPS) is 17.4. The zero-order valence-corrected chi connectivity index (χ0v) is 37.0. The Morgan fingerprint density at radius 3 is 1.10 bits per heavy atom. The number of benzene rings is 10. The van der Waals surface area contributed by atoms with Gasteiger partial charge in [-0.1, -0.05) is 212 Å². The van der Waals surface area contributed by atoms with Gasteiger partial charge in [-0.25, -0.2) is 4.98 Å². The van der Waals surface area contributed by atoms with Crippen molar-refractivity contribution >= 4 is 94.2 Å². The Bertz CT molecular complexity index is 5410. The third-order valence-corrected chi connectivity index (χ3v) is 17.1. The molecule has 4 heterocycles. The molecule has 0 atom stereocenters. The topological polar surface area (TPSA) is 40.6 Å². The summed E-state index contributed by atoms with van der Waals surface area (Å²) in [6.45, 7) is 0. The largest absolute Gasteiger partial charge is 0.309 e. The lowest BCUT2D eigenvalue weighted by molar-refractivity contribution is 0.951. The molecular formula is C64H43N5Si. The average Bonchev–Trinajstić information content (AvgIpc) is 1.51. The number of aromatic nitrogens is 5. The molecule has 0 aliphatic rings. The quantitative estimate of drug-likeness (QED) is 0.112. The fourth-order valence-electron chi connectivity index (χ4n) is 9.62. The maximum absolute atomic E-state index is 11.3. The van der Waals surface area contributed by atoms with Gasteiger partial charge in [0.1, 0.15) is 5.82 Å². The van der Waals surface area contributed by atoms with Crippen LogP contribution in [-0.4, -0.2) is 31.7 Å². The molecule has 0 N–H and O–H groups in total. The summed E-state index contributed by atoms with van der Waals surface area (Å²) in [5, 5.41) is -1.49. The van der Waals surface area contributed by atoms with Crippen LogP contribution in [0.5, 0.6) is 0 Å². The summed E-state index contributed by atoms with van der Waals surface area (Å²) in [4.78, 5) is 10.1. The van der Waals surface area contributed by atoms with Crippen molar-refractivity contribution in [2.45, 2.75) is 0 Å². The summed E-state index contributed by atoms with van der Waals surface area (Å²) in [6, 6.07) is 4.79. The number of fused-ring (bicyclic) bond motifs is 9. The van der Waals surface area contributed by atoms with Gasteiger partial charge in [-0.05, 0) is 63.0 Å². The van der Waals surface area contributed by atoms with Crippen LogP contribution >= 0.6 is 0 Å². The van der Waals surface area contributed by atoms with E-state index in [9.17, 15) is 20.6 Å². The lowest BCUT2D eigenvalue weighted by Crippen LogP contribution is -2.74. The summed E-state index contributed by atoms with van der Waals surface area (Å²) in [7, 11) is -4.39. The van der Waals surface area contributed by atoms with E-state index in [-0.39, 0.29) is 5.19 Å². The first-order chi connectivity index (χ1) is 46.0. The van der Waals surface area contributed by atoms with Gasteiger partial charge in [0.2, 0.25) is 5.95 Å². The molecule has 0 fully saturated rings. The highest BCUT2D eigenvalue weighted by Crippen LogP contribution is 2.39. The van der Waals surface area contributed by atoms with Crippen LogP contribution in [0.25, 0.3) is 94.1 Å². The van der Waals surface area contributed by atoms with Crippen molar-refractivity contribution in [2.24, 2.45) is 0 Å². The van der Waals surface area contributed by atoms with Crippen LogP contribution in [0.3, 0.4) is 0 Å². The van der Waals surface area contributed by atoms with Gasteiger partial charge in [-0.3, -0.25) is 9.13 Å². The predicted octanol–water partition coefficient (Wildman–Crippen LogP) is 12.8. The predicted molar refractivity (Wildman–Crippen MR) is 294 cm³/mol. The van der Waals surface area contributed by atoms with Crippen LogP contribution in [0.15, 0.2) is 260 Å². The van der Waals surface area contributed by atoms with Gasteiger partial charge in [0.05, 0.1) is 81.5 Å². The van der Waals surface area contributed by atoms with E-state index in [0.717, 1.165) is 19.8 Å². The minimum absolute atomic E-state index is 0.175. The highest BCUT2D eigenvalue weighted by atomic mass is 28.3. The lowest BCUT2D eigenvalue weighted by Gasteiger charge is -2.35. The van der Waals surface area contributed by atoms with Crippen molar-refractivity contribution in [2.75, 3.05) is 0 Å². The molecule has 70 heavy (non-hydrogen) atoms. The van der Waals surface area contributed by atoms with Crippen LogP contribution in [0.4, 0.5) is 0 Å². The molecule has 14 rings (SSSR count). The lowest BCUT2D eigenvalue weighted by atomic mass is 10.1. The van der Waals surface area contributed by atoms with Crippen molar-refractivity contribution in [1.82, 2.24) is 23.7 Å². The molecule has 0 radical (unpaired) electrons. The van der Waals surface area contributed by atoms with Gasteiger partial charge in [0.15, 0.2) is 8.07 Å². The fraction of sp³-hybridized carbons (Fsp3) is 0. The Balaban J connectivity index is 1.33. The molecule has 5 nitrogen and oxygen atoms in total. The van der Waals surface area contributed by atoms with Crippen molar-refractivity contribution in [3.8, 4) is 28.7 Å². The number of hydrogen-bond donors (Lipinski definition) is 0. The standard InChI is InChI=1S/C64H43N5Si/c1-4-22-44(23-5-1)70(45-24-6-2-7-25-45,46-26-8-3-9-27-46)47-40-41-62(67-56-34-16-10-28-48(56)49-29-11-17-35-57(49)67)54(42-47)55-43-63(68-58-36-18-12-30-50(58)51-31-13-19-37-59(51)68)66-64(65-55)69-60-38-20-14-32-52(60)53-33-15-21-39-61(53)69/h1-43H/i10D,11D,12D,13D,14D,15D,16D,17D,18D,19D,20D,21D,28D,29D,30D,31D,32D,33D,34D,35D,36D,37D,38D,39D,40D,41D,42D. The fourth-order valence-corrected chi connectivity index (χ4v) is 14.1. The third kappa shape index (κ3) is 5.97. The molecular weight excluding hydrogens is 867 g/mol. The van der Waals surface area contributed by atoms with E-state index in [1.54, 1.807) is 91.0 Å². The SMILES string of the molecule is [2H]c1c([2H])c([Si](c2ccccc2)(c2ccccc2)c2ccccc2)c([2H])c(-c2cc(-n3c4c([2H])c([2H])c([2H])c([2H])c4c4c([2H])c([2H])c([2H])c([2H])c43)nc(-n3c4c([2H])c([2H])c([2H])c([2H])c4c4c([2H])c([2H])c([2H])c([2H])c43)n2)c1-n1c2c([2H])c([2H])c([2H])c([2H])c2c2c([2H])c([2H])c([2H])c([2H])c21. The van der Waals surface area contributed by atoms with Crippen LogP contribution in [0.2, 0.25) is 0 Å². The first-order valence-electron chi connectivity index (χ1n) is 35.2. The van der Waals surface area contributed by atoms with Gasteiger partial charge in [-0.15, -0.1) is 0 Å². The van der Waals surface area contributed by atoms with Gasteiger partial charge in [0, 0.05) is 43.9 Å². The smallest absolute Gasteiger partial charge is 0.237 e. The Kier molecular flexibility index (Phi) is 4.91. The summed E-state index contributed by atoms with van der Waals surface area (Å²) in [5.74, 6) is -1.51. The van der Waals surface area contributed by atoms with E-state index < -0.39 is 265 Å². The van der Waals surface area contributed by atoms with Crippen LogP contribution in [-0.2, 0) is 0 Å². The molecule has 0 aliphatic carbocycles.